The third-order valence-electron chi connectivity index (χ3n) is 0.175. The van der Waals surface area contributed by atoms with Crippen LogP contribution in [0.1, 0.15) is 6.92 Å². The van der Waals surface area contributed by atoms with E-state index in [1.807, 2.05) is 0 Å². The van der Waals surface area contributed by atoms with Crippen LogP contribution in [0.15, 0.2) is 12.7 Å². The van der Waals surface area contributed by atoms with Crippen LogP contribution in [0.4, 0.5) is 0 Å². The van der Waals surface area contributed by atoms with Crippen molar-refractivity contribution in [2.45, 2.75) is 6.92 Å². The molecule has 5 heteroatoms. The van der Waals surface area contributed by atoms with Gasteiger partial charge in [0.2, 0.25) is 0 Å². The van der Waals surface area contributed by atoms with Crippen molar-refractivity contribution in [2.24, 2.45) is 0 Å². The minimum absolute atomic E-state index is 0. The van der Waals surface area contributed by atoms with Crippen molar-refractivity contribution >= 4 is 41.5 Å². The molecule has 0 rings (SSSR count). The van der Waals surface area contributed by atoms with Gasteiger partial charge in [0.15, 0.2) is 0 Å². The zero-order valence-corrected chi connectivity index (χ0v) is 5.00. The predicted molar refractivity (Wildman–Crippen MR) is 38.3 cm³/mol. The second kappa shape index (κ2) is 11.5. The molecule has 0 fully saturated rings. The Hall–Kier alpha value is -0.320. The van der Waals surface area contributed by atoms with Crippen LogP contribution in [0.5, 0.6) is 0 Å². The molecule has 0 amide bonds. The summed E-state index contributed by atoms with van der Waals surface area (Å²) in [6.07, 6.45) is 0.833. The third kappa shape index (κ3) is 121. The summed E-state index contributed by atoms with van der Waals surface area (Å²) in [6.45, 7) is 4.04. The van der Waals surface area contributed by atoms with Gasteiger partial charge in [-0.2, -0.15) is 0 Å². The Morgan fingerprint density at radius 2 is 1.50 bits per heavy atom. The molecule has 0 saturated heterocycles. The molecule has 0 spiro atoms. The second-order valence-electron chi connectivity index (χ2n) is 1.06. The van der Waals surface area contributed by atoms with E-state index in [1.165, 1.54) is 0 Å². The van der Waals surface area contributed by atoms with E-state index in [4.69, 9.17) is 15.0 Å². The van der Waals surface area contributed by atoms with Gasteiger partial charge in [-0.05, 0) is 0 Å². The van der Waals surface area contributed by atoms with Gasteiger partial charge >= 0.3 is 35.5 Å². The Morgan fingerprint density at radius 3 is 1.50 bits per heavy atom. The van der Waals surface area contributed by atoms with Gasteiger partial charge in [0, 0.05) is 13.0 Å². The molecule has 0 heterocycles. The standard InChI is InChI=1S/C3H4O2.C2H4O2.Na.H/c1-2-3(4)5;1-2(3)4;;/h2H,1H2,(H,4,5);1H3,(H,3,4);;. The van der Waals surface area contributed by atoms with E-state index in [9.17, 15) is 4.79 Å². The Labute approximate surface area is 80.8 Å². The van der Waals surface area contributed by atoms with Gasteiger partial charge in [0.25, 0.3) is 5.97 Å². The molecule has 0 radical (unpaired) electrons. The van der Waals surface area contributed by atoms with E-state index in [-0.39, 0.29) is 29.6 Å². The number of hydrogen-bond acceptors (Lipinski definition) is 2. The van der Waals surface area contributed by atoms with E-state index in [0.717, 1.165) is 13.0 Å². The van der Waals surface area contributed by atoms with Crippen LogP contribution >= 0.6 is 0 Å². The molecule has 0 atom stereocenters. The Balaban J connectivity index is -0.0000000910. The Morgan fingerprint density at radius 1 is 1.40 bits per heavy atom. The molecule has 0 saturated carbocycles. The molecule has 0 aromatic heterocycles. The fourth-order valence-corrected chi connectivity index (χ4v) is 0. The van der Waals surface area contributed by atoms with Crippen LogP contribution in [0.2, 0.25) is 0 Å². The summed E-state index contributed by atoms with van der Waals surface area (Å²) in [7, 11) is 0. The molecule has 10 heavy (non-hydrogen) atoms. The number of rotatable bonds is 1. The molecule has 0 aliphatic rings. The Kier molecular flexibility index (Phi) is 18.8. The molecule has 0 aromatic carbocycles. The van der Waals surface area contributed by atoms with Gasteiger partial charge in [-0.3, -0.25) is 4.79 Å². The summed E-state index contributed by atoms with van der Waals surface area (Å²) in [4.78, 5) is 18.2. The number of carboxylic acids is 2. The molecule has 54 valence electrons. The summed E-state index contributed by atoms with van der Waals surface area (Å²) >= 11 is 0. The van der Waals surface area contributed by atoms with E-state index in [2.05, 4.69) is 6.58 Å². The van der Waals surface area contributed by atoms with E-state index >= 15 is 0 Å². The van der Waals surface area contributed by atoms with Crippen molar-refractivity contribution in [1.29, 1.82) is 0 Å². The van der Waals surface area contributed by atoms with Crippen LogP contribution in [-0.4, -0.2) is 51.7 Å². The first-order chi connectivity index (χ1) is 4.00. The fraction of sp³-hybridized carbons (Fsp3) is 0.200. The molecular weight excluding hydrogens is 147 g/mol. The van der Waals surface area contributed by atoms with Crippen LogP contribution in [0.25, 0.3) is 0 Å². The normalized spacial score (nSPS) is 5.70. The number of aliphatic carboxylic acids is 2. The average molecular weight is 156 g/mol. The summed E-state index contributed by atoms with van der Waals surface area (Å²) in [5, 5.41) is 15.0. The summed E-state index contributed by atoms with van der Waals surface area (Å²) in [5.41, 5.74) is 0. The quantitative estimate of drug-likeness (QED) is 0.403. The summed E-state index contributed by atoms with van der Waals surface area (Å²) in [5.74, 6) is -1.81. The van der Waals surface area contributed by atoms with Crippen molar-refractivity contribution in [2.75, 3.05) is 0 Å². The van der Waals surface area contributed by atoms with Crippen LogP contribution in [0.3, 0.4) is 0 Å². The first kappa shape index (κ1) is 16.3. The fourth-order valence-electron chi connectivity index (χ4n) is 0. The number of carboxylic acid groups (broad SMARTS) is 2. The molecular formula is C5H9NaO4. The zero-order valence-electron chi connectivity index (χ0n) is 5.00. The SMILES string of the molecule is C=CC(=O)O.CC(=O)O.[NaH]. The molecule has 0 unspecified atom stereocenters. The predicted octanol–water partition coefficient (Wildman–Crippen LogP) is -0.301. The van der Waals surface area contributed by atoms with E-state index in [1.54, 1.807) is 0 Å². The first-order valence-electron chi connectivity index (χ1n) is 2.05. The maximum atomic E-state index is 9.25. The van der Waals surface area contributed by atoms with Crippen molar-refractivity contribution in [3.05, 3.63) is 12.7 Å². The minimum atomic E-state index is -0.981. The van der Waals surface area contributed by atoms with Crippen LogP contribution in [0, 0.1) is 0 Å². The first-order valence-corrected chi connectivity index (χ1v) is 2.05. The summed E-state index contributed by atoms with van der Waals surface area (Å²) < 4.78 is 0. The van der Waals surface area contributed by atoms with E-state index < -0.39 is 11.9 Å². The monoisotopic (exact) mass is 156 g/mol. The van der Waals surface area contributed by atoms with Crippen LogP contribution in [-0.2, 0) is 9.59 Å². The molecule has 0 aromatic rings. The third-order valence-corrected chi connectivity index (χ3v) is 0.175. The number of carbonyl (C=O) groups is 2. The van der Waals surface area contributed by atoms with Crippen molar-refractivity contribution in [3.63, 3.8) is 0 Å². The van der Waals surface area contributed by atoms with E-state index in [0.29, 0.717) is 0 Å². The Bertz CT molecular complexity index is 117. The molecule has 0 bridgehead atoms. The molecule has 0 aliphatic carbocycles. The maximum absolute atomic E-state index is 9.25. The van der Waals surface area contributed by atoms with Gasteiger partial charge in [0.1, 0.15) is 0 Å². The molecule has 4 nitrogen and oxygen atoms in total. The summed E-state index contributed by atoms with van der Waals surface area (Å²) in [6, 6.07) is 0. The van der Waals surface area contributed by atoms with Gasteiger partial charge in [-0.15, -0.1) is 0 Å². The average Bonchev–Trinajstić information content (AvgIpc) is 1.65. The van der Waals surface area contributed by atoms with Gasteiger partial charge in [-0.1, -0.05) is 6.58 Å². The zero-order chi connectivity index (χ0) is 7.86. The molecule has 2 N–H and O–H groups in total. The topological polar surface area (TPSA) is 74.6 Å². The molecule has 0 aliphatic heterocycles. The van der Waals surface area contributed by atoms with Crippen LogP contribution < -0.4 is 0 Å². The van der Waals surface area contributed by atoms with Gasteiger partial charge in [-0.25, -0.2) is 4.79 Å². The second-order valence-corrected chi connectivity index (χ2v) is 1.06. The van der Waals surface area contributed by atoms with Crippen molar-refractivity contribution in [3.8, 4) is 0 Å². The van der Waals surface area contributed by atoms with Crippen molar-refractivity contribution < 1.29 is 19.8 Å². The van der Waals surface area contributed by atoms with Crippen molar-refractivity contribution in [1.82, 2.24) is 0 Å². The number of hydrogen-bond donors (Lipinski definition) is 2. The van der Waals surface area contributed by atoms with Gasteiger partial charge < -0.3 is 10.2 Å². The van der Waals surface area contributed by atoms with Gasteiger partial charge in [0.05, 0.1) is 0 Å².